The van der Waals surface area contributed by atoms with Crippen molar-refractivity contribution in [1.29, 1.82) is 0 Å². The molecule has 2 heterocycles. The molecule has 5 N–H and O–H groups in total. The number of thiophene rings is 1. The number of nitrogens with zero attached hydrogens (tertiary/aromatic N) is 1. The summed E-state index contributed by atoms with van der Waals surface area (Å²) in [5, 5.41) is 3.36. The van der Waals surface area contributed by atoms with Crippen LogP contribution in [0, 0.1) is 0 Å². The number of hydrogen-bond acceptors (Lipinski definition) is 5. The molecule has 0 unspecified atom stereocenters. The van der Waals surface area contributed by atoms with Gasteiger partial charge >= 0.3 is 0 Å². The van der Waals surface area contributed by atoms with E-state index >= 15 is 0 Å². The summed E-state index contributed by atoms with van der Waals surface area (Å²) in [5.74, 6) is -0.766. The number of pyridine rings is 1. The molecule has 0 aliphatic carbocycles. The zero-order valence-electron chi connectivity index (χ0n) is 9.47. The van der Waals surface area contributed by atoms with Gasteiger partial charge in [-0.25, -0.2) is 4.98 Å². The van der Waals surface area contributed by atoms with Gasteiger partial charge < -0.3 is 16.8 Å². The molecule has 0 atom stereocenters. The fraction of sp³-hybridized carbons (Fsp3) is 0.182. The zero-order chi connectivity index (χ0) is 13.1. The van der Waals surface area contributed by atoms with Crippen LogP contribution in [0.25, 0.3) is 10.2 Å². The van der Waals surface area contributed by atoms with Crippen LogP contribution in [0.15, 0.2) is 18.3 Å². The molecule has 2 rings (SSSR count). The Labute approximate surface area is 107 Å². The molecule has 18 heavy (non-hydrogen) atoms. The van der Waals surface area contributed by atoms with Crippen molar-refractivity contribution in [2.75, 3.05) is 12.3 Å². The Morgan fingerprint density at radius 3 is 2.89 bits per heavy atom. The average Bonchev–Trinajstić information content (AvgIpc) is 2.67. The third-order valence-corrected chi connectivity index (χ3v) is 3.50. The van der Waals surface area contributed by atoms with E-state index in [1.54, 1.807) is 12.3 Å². The van der Waals surface area contributed by atoms with Crippen LogP contribution in [-0.4, -0.2) is 23.3 Å². The van der Waals surface area contributed by atoms with Crippen LogP contribution in [0.2, 0.25) is 0 Å². The van der Waals surface area contributed by atoms with Crippen molar-refractivity contribution in [3.05, 3.63) is 23.2 Å². The molecule has 0 aliphatic rings. The SMILES string of the molecule is NC(=O)CCNC(=O)c1sc2ncccc2c1N. The lowest BCUT2D eigenvalue weighted by Crippen LogP contribution is -2.27. The third kappa shape index (κ3) is 2.40. The number of carbonyl (C=O) groups excluding carboxylic acids is 2. The molecule has 6 nitrogen and oxygen atoms in total. The van der Waals surface area contributed by atoms with Crippen LogP contribution < -0.4 is 16.8 Å². The maximum Gasteiger partial charge on any atom is 0.263 e. The van der Waals surface area contributed by atoms with Crippen molar-refractivity contribution in [3.8, 4) is 0 Å². The summed E-state index contributed by atoms with van der Waals surface area (Å²) in [7, 11) is 0. The number of primary amides is 1. The van der Waals surface area contributed by atoms with Gasteiger partial charge in [0.2, 0.25) is 5.91 Å². The lowest BCUT2D eigenvalue weighted by molar-refractivity contribution is -0.117. The molecule has 94 valence electrons. The van der Waals surface area contributed by atoms with Gasteiger partial charge in [0.05, 0.1) is 5.69 Å². The predicted molar refractivity (Wildman–Crippen MR) is 70.2 cm³/mol. The third-order valence-electron chi connectivity index (χ3n) is 2.37. The molecule has 2 aromatic rings. The van der Waals surface area contributed by atoms with Crippen molar-refractivity contribution in [2.24, 2.45) is 5.73 Å². The summed E-state index contributed by atoms with van der Waals surface area (Å²) in [4.78, 5) is 27.7. The molecule has 0 spiro atoms. The smallest absolute Gasteiger partial charge is 0.263 e. The number of amides is 2. The second-order valence-corrected chi connectivity index (χ2v) is 4.67. The van der Waals surface area contributed by atoms with E-state index in [9.17, 15) is 9.59 Å². The van der Waals surface area contributed by atoms with E-state index in [4.69, 9.17) is 11.5 Å². The summed E-state index contributed by atoms with van der Waals surface area (Å²) in [6, 6.07) is 3.58. The number of anilines is 1. The lowest BCUT2D eigenvalue weighted by atomic mass is 10.2. The number of nitrogen functional groups attached to an aromatic ring is 1. The highest BCUT2D eigenvalue weighted by atomic mass is 32.1. The van der Waals surface area contributed by atoms with E-state index in [0.717, 1.165) is 10.2 Å². The molecule has 0 aromatic carbocycles. The Balaban J connectivity index is 2.17. The van der Waals surface area contributed by atoms with E-state index in [0.29, 0.717) is 10.6 Å². The number of fused-ring (bicyclic) bond motifs is 1. The van der Waals surface area contributed by atoms with Gasteiger partial charge in [-0.15, -0.1) is 11.3 Å². The quantitative estimate of drug-likeness (QED) is 0.745. The van der Waals surface area contributed by atoms with Crippen molar-refractivity contribution in [3.63, 3.8) is 0 Å². The van der Waals surface area contributed by atoms with Crippen LogP contribution in [-0.2, 0) is 4.79 Å². The summed E-state index contributed by atoms with van der Waals surface area (Å²) in [5.41, 5.74) is 11.3. The largest absolute Gasteiger partial charge is 0.397 e. The van der Waals surface area contributed by atoms with Gasteiger partial charge in [-0.05, 0) is 12.1 Å². The fourth-order valence-corrected chi connectivity index (χ4v) is 2.48. The molecular formula is C11H12N4O2S. The van der Waals surface area contributed by atoms with Crippen molar-refractivity contribution in [1.82, 2.24) is 10.3 Å². The van der Waals surface area contributed by atoms with Crippen LogP contribution in [0.4, 0.5) is 5.69 Å². The molecule has 7 heteroatoms. The number of aromatic nitrogens is 1. The highest BCUT2D eigenvalue weighted by Crippen LogP contribution is 2.31. The van der Waals surface area contributed by atoms with E-state index < -0.39 is 5.91 Å². The normalized spacial score (nSPS) is 10.4. The molecule has 0 saturated carbocycles. The average molecular weight is 264 g/mol. The van der Waals surface area contributed by atoms with Gasteiger partial charge in [-0.1, -0.05) is 0 Å². The van der Waals surface area contributed by atoms with Crippen molar-refractivity contribution < 1.29 is 9.59 Å². The van der Waals surface area contributed by atoms with Gasteiger partial charge in [0.25, 0.3) is 5.91 Å². The summed E-state index contributed by atoms with van der Waals surface area (Å²) < 4.78 is 0. The fourth-order valence-electron chi connectivity index (χ4n) is 1.50. The van der Waals surface area contributed by atoms with E-state index in [1.165, 1.54) is 11.3 Å². The summed E-state index contributed by atoms with van der Waals surface area (Å²) in [6.45, 7) is 0.204. The predicted octanol–water partition coefficient (Wildman–Crippen LogP) is 0.484. The summed E-state index contributed by atoms with van der Waals surface area (Å²) >= 11 is 1.23. The monoisotopic (exact) mass is 264 g/mol. The first-order chi connectivity index (χ1) is 8.59. The number of nitrogens with two attached hydrogens (primary N) is 2. The lowest BCUT2D eigenvalue weighted by Gasteiger charge is -2.02. The Hall–Kier alpha value is -2.15. The number of hydrogen-bond donors (Lipinski definition) is 3. The molecule has 2 amide bonds. The minimum Gasteiger partial charge on any atom is -0.397 e. The molecule has 0 saturated heterocycles. The molecular weight excluding hydrogens is 252 g/mol. The Kier molecular flexibility index (Phi) is 3.42. The van der Waals surface area contributed by atoms with Crippen molar-refractivity contribution in [2.45, 2.75) is 6.42 Å². The second kappa shape index (κ2) is 5.01. The first-order valence-corrected chi connectivity index (χ1v) is 6.10. The highest BCUT2D eigenvalue weighted by Gasteiger charge is 2.16. The van der Waals surface area contributed by atoms with E-state index in [-0.39, 0.29) is 18.9 Å². The van der Waals surface area contributed by atoms with Gasteiger partial charge in [-0.2, -0.15) is 0 Å². The van der Waals surface area contributed by atoms with E-state index in [1.807, 2.05) is 6.07 Å². The molecule has 0 aliphatic heterocycles. The minimum atomic E-state index is -0.457. The molecule has 0 radical (unpaired) electrons. The minimum absolute atomic E-state index is 0.106. The Morgan fingerprint density at radius 2 is 2.22 bits per heavy atom. The molecule has 2 aromatic heterocycles. The maximum absolute atomic E-state index is 11.9. The van der Waals surface area contributed by atoms with Crippen LogP contribution in [0.3, 0.4) is 0 Å². The first kappa shape index (κ1) is 12.3. The number of nitrogens with one attached hydrogen (secondary N) is 1. The van der Waals surface area contributed by atoms with E-state index in [2.05, 4.69) is 10.3 Å². The Bertz CT molecular complexity index is 608. The molecule has 0 fully saturated rings. The van der Waals surface area contributed by atoms with Crippen LogP contribution >= 0.6 is 11.3 Å². The number of rotatable bonds is 4. The first-order valence-electron chi connectivity index (χ1n) is 5.29. The van der Waals surface area contributed by atoms with Gasteiger partial charge in [-0.3, -0.25) is 9.59 Å². The Morgan fingerprint density at radius 1 is 1.44 bits per heavy atom. The van der Waals surface area contributed by atoms with Crippen LogP contribution in [0.1, 0.15) is 16.1 Å². The second-order valence-electron chi connectivity index (χ2n) is 3.67. The molecule has 0 bridgehead atoms. The van der Waals surface area contributed by atoms with Crippen molar-refractivity contribution >= 4 is 39.1 Å². The topological polar surface area (TPSA) is 111 Å². The highest BCUT2D eigenvalue weighted by molar-refractivity contribution is 7.21. The van der Waals surface area contributed by atoms with Crippen LogP contribution in [0.5, 0.6) is 0 Å². The zero-order valence-corrected chi connectivity index (χ0v) is 10.3. The van der Waals surface area contributed by atoms with Gasteiger partial charge in [0.15, 0.2) is 0 Å². The maximum atomic E-state index is 11.9. The number of carbonyl (C=O) groups is 2. The van der Waals surface area contributed by atoms with Gasteiger partial charge in [0.1, 0.15) is 9.71 Å². The standard InChI is InChI=1S/C11H12N4O2S/c12-7(16)3-5-14-10(17)9-8(13)6-2-1-4-15-11(6)18-9/h1-2,4H,3,5,13H2,(H2,12,16)(H,14,17). The van der Waals surface area contributed by atoms with Gasteiger partial charge in [0, 0.05) is 24.5 Å². The summed E-state index contributed by atoms with van der Waals surface area (Å²) in [6.07, 6.45) is 1.75.